The van der Waals surface area contributed by atoms with Crippen molar-refractivity contribution in [3.63, 3.8) is 0 Å². The van der Waals surface area contributed by atoms with Crippen LogP contribution in [0.4, 0.5) is 0 Å². The Morgan fingerprint density at radius 1 is 1.13 bits per heavy atom. The second-order valence-corrected chi connectivity index (χ2v) is 8.27. The van der Waals surface area contributed by atoms with E-state index in [2.05, 4.69) is 39.6 Å². The Hall–Kier alpha value is -0.673. The molecule has 0 saturated carbocycles. The summed E-state index contributed by atoms with van der Waals surface area (Å²) >= 11 is 0. The molecule has 0 bridgehead atoms. The Labute approximate surface area is 95.0 Å². The van der Waals surface area contributed by atoms with Crippen LogP contribution in [0.3, 0.4) is 0 Å². The van der Waals surface area contributed by atoms with Crippen molar-refractivity contribution in [3.05, 3.63) is 30.1 Å². The average Bonchev–Trinajstić information content (AvgIpc) is 2.16. The van der Waals surface area contributed by atoms with E-state index in [4.69, 9.17) is 4.43 Å². The number of hydrogen-bond donors (Lipinski definition) is 0. The quantitative estimate of drug-likeness (QED) is 0.735. The second-order valence-electron chi connectivity index (χ2n) is 5.57. The van der Waals surface area contributed by atoms with E-state index in [0.29, 0.717) is 5.04 Å². The summed E-state index contributed by atoms with van der Waals surface area (Å²) in [4.78, 5) is 4.35. The lowest BCUT2D eigenvalue weighted by Gasteiger charge is -2.29. The third kappa shape index (κ3) is 4.14. The van der Waals surface area contributed by atoms with Crippen LogP contribution >= 0.6 is 0 Å². The minimum Gasteiger partial charge on any atom is -0.413 e. The molecule has 0 aliphatic heterocycles. The summed E-state index contributed by atoms with van der Waals surface area (Å²) in [5, 5.41) is 0.325. The van der Waals surface area contributed by atoms with Crippen molar-refractivity contribution in [1.29, 1.82) is 0 Å². The van der Waals surface area contributed by atoms with Crippen molar-refractivity contribution in [2.24, 2.45) is 0 Å². The van der Waals surface area contributed by atoms with E-state index in [1.807, 2.05) is 24.4 Å². The predicted molar refractivity (Wildman–Crippen MR) is 66.6 cm³/mol. The van der Waals surface area contributed by atoms with Gasteiger partial charge in [0.15, 0.2) is 9.76 Å². The number of hydrogen-bond acceptors (Lipinski definition) is 2. The maximum absolute atomic E-state index is 6.06. The molecule has 0 unspecified atom stereocenters. The fourth-order valence-electron chi connectivity index (χ4n) is 1.19. The van der Waals surface area contributed by atoms with Gasteiger partial charge in [0.25, 0.3) is 0 Å². The molecule has 15 heavy (non-hydrogen) atoms. The van der Waals surface area contributed by atoms with Crippen LogP contribution in [-0.2, 0) is 10.0 Å². The summed E-state index contributed by atoms with van der Waals surface area (Å²) in [6.07, 6.45) is 1.82. The zero-order valence-corrected chi connectivity index (χ0v) is 11.8. The topological polar surface area (TPSA) is 22.1 Å². The van der Waals surface area contributed by atoms with Crippen LogP contribution in [0.15, 0.2) is 24.4 Å². The first-order valence-corrected chi connectivity index (χ1v) is 6.65. The van der Waals surface area contributed by atoms with Gasteiger partial charge in [-0.1, -0.05) is 26.8 Å². The van der Waals surface area contributed by atoms with E-state index in [1.165, 1.54) is 0 Å². The van der Waals surface area contributed by atoms with Gasteiger partial charge >= 0.3 is 0 Å². The summed E-state index contributed by atoms with van der Waals surface area (Å²) in [6.45, 7) is 10.9. The number of pyridine rings is 1. The summed E-state index contributed by atoms with van der Waals surface area (Å²) in [6, 6.07) is 5.96. The van der Waals surface area contributed by atoms with Crippen LogP contribution in [0.5, 0.6) is 0 Å². The monoisotopic (exact) mass is 223 g/mol. The van der Waals surface area contributed by atoms with E-state index in [1.54, 1.807) is 0 Å². The molecule has 1 rings (SSSR count). The molecule has 0 radical (unpaired) electrons. The molecule has 0 amide bonds. The molecule has 1 heterocycles. The average molecular weight is 223 g/mol. The Kier molecular flexibility index (Phi) is 3.68. The fourth-order valence-corrected chi connectivity index (χ4v) is 2.13. The van der Waals surface area contributed by atoms with Gasteiger partial charge in [0.05, 0.1) is 11.3 Å². The van der Waals surface area contributed by atoms with Gasteiger partial charge in [0.2, 0.25) is 0 Å². The maximum Gasteiger partial charge on any atom is 0.168 e. The summed E-state index contributed by atoms with van der Waals surface area (Å²) in [5.74, 6) is 0. The molecule has 0 aliphatic rings. The smallest absolute Gasteiger partial charge is 0.168 e. The highest BCUT2D eigenvalue weighted by molar-refractivity contribution is 6.31. The molecule has 0 fully saturated rings. The molecule has 1 aromatic heterocycles. The Balaban J connectivity index is 2.68. The zero-order chi connectivity index (χ0) is 11.5. The molecular formula is C12H21NOSi. The van der Waals surface area contributed by atoms with Gasteiger partial charge in [-0.25, -0.2) is 0 Å². The van der Waals surface area contributed by atoms with Crippen molar-refractivity contribution < 1.29 is 4.43 Å². The highest BCUT2D eigenvalue weighted by atomic mass is 28.2. The van der Waals surface area contributed by atoms with Crippen LogP contribution < -0.4 is 0 Å². The van der Waals surface area contributed by atoms with Crippen LogP contribution in [0.25, 0.3) is 0 Å². The zero-order valence-electron chi connectivity index (χ0n) is 10.4. The number of rotatable bonds is 3. The Bertz CT molecular complexity index is 303. The fraction of sp³-hybridized carbons (Fsp3) is 0.583. The molecule has 1 aromatic rings. The molecule has 3 heteroatoms. The molecular weight excluding hydrogens is 202 g/mol. The summed E-state index contributed by atoms with van der Waals surface area (Å²) in [5.41, 5.74) is 0.766. The van der Waals surface area contributed by atoms with Crippen LogP contribution in [0, 0.1) is 0 Å². The third-order valence-corrected chi connectivity index (χ3v) is 3.88. The Morgan fingerprint density at radius 2 is 1.80 bits per heavy atom. The van der Waals surface area contributed by atoms with Gasteiger partial charge in [0.1, 0.15) is 0 Å². The predicted octanol–water partition coefficient (Wildman–Crippen LogP) is 2.64. The lowest BCUT2D eigenvalue weighted by atomic mass is 10.1. The van der Waals surface area contributed by atoms with E-state index in [-0.39, 0.29) is 5.60 Å². The van der Waals surface area contributed by atoms with E-state index in [0.717, 1.165) is 5.69 Å². The van der Waals surface area contributed by atoms with Crippen molar-refractivity contribution in [2.75, 3.05) is 0 Å². The number of nitrogens with zero attached hydrogens (tertiary/aromatic N) is 1. The van der Waals surface area contributed by atoms with Gasteiger partial charge < -0.3 is 4.43 Å². The molecule has 84 valence electrons. The lowest BCUT2D eigenvalue weighted by Crippen LogP contribution is -2.28. The highest BCUT2D eigenvalue weighted by Crippen LogP contribution is 2.27. The van der Waals surface area contributed by atoms with Crippen molar-refractivity contribution in [1.82, 2.24) is 4.98 Å². The van der Waals surface area contributed by atoms with Gasteiger partial charge in [-0.05, 0) is 31.0 Å². The van der Waals surface area contributed by atoms with Crippen LogP contribution in [0.2, 0.25) is 5.04 Å². The van der Waals surface area contributed by atoms with Crippen LogP contribution in [-0.4, -0.2) is 14.7 Å². The van der Waals surface area contributed by atoms with E-state index in [9.17, 15) is 0 Å². The standard InChI is InChI=1S/C12H21NOSi/c1-11(2,3)15-14-12(4,5)10-8-6-7-9-13-10/h6-9H,15H2,1-5H3. The maximum atomic E-state index is 6.06. The lowest BCUT2D eigenvalue weighted by molar-refractivity contribution is 0.104. The first-order chi connectivity index (χ1) is 6.81. The molecule has 0 saturated heterocycles. The third-order valence-electron chi connectivity index (χ3n) is 2.15. The van der Waals surface area contributed by atoms with E-state index >= 15 is 0 Å². The van der Waals surface area contributed by atoms with Gasteiger partial charge in [-0.3, -0.25) is 4.98 Å². The summed E-state index contributed by atoms with van der Waals surface area (Å²) in [7, 11) is -0.538. The van der Waals surface area contributed by atoms with Crippen molar-refractivity contribution >= 4 is 9.76 Å². The van der Waals surface area contributed by atoms with E-state index < -0.39 is 9.76 Å². The van der Waals surface area contributed by atoms with Gasteiger partial charge in [-0.15, -0.1) is 0 Å². The largest absolute Gasteiger partial charge is 0.413 e. The highest BCUT2D eigenvalue weighted by Gasteiger charge is 2.25. The van der Waals surface area contributed by atoms with Crippen molar-refractivity contribution in [2.45, 2.75) is 45.3 Å². The second kappa shape index (κ2) is 4.45. The van der Waals surface area contributed by atoms with Crippen LogP contribution in [0.1, 0.15) is 40.3 Å². The molecule has 0 aliphatic carbocycles. The molecule has 2 nitrogen and oxygen atoms in total. The minimum atomic E-state index is -0.538. The molecule has 0 aromatic carbocycles. The summed E-state index contributed by atoms with van der Waals surface area (Å²) < 4.78 is 6.06. The Morgan fingerprint density at radius 3 is 2.27 bits per heavy atom. The first-order valence-electron chi connectivity index (χ1n) is 5.37. The SMILES string of the molecule is CC(C)(C)[SiH2]OC(C)(C)c1ccccn1. The van der Waals surface area contributed by atoms with Gasteiger partial charge in [0, 0.05) is 6.20 Å². The normalized spacial score (nSPS) is 13.7. The van der Waals surface area contributed by atoms with Crippen molar-refractivity contribution in [3.8, 4) is 0 Å². The first kappa shape index (κ1) is 12.4. The molecule has 0 atom stereocenters. The number of aromatic nitrogens is 1. The van der Waals surface area contributed by atoms with Gasteiger partial charge in [-0.2, -0.15) is 0 Å². The minimum absolute atomic E-state index is 0.249. The molecule has 0 N–H and O–H groups in total. The molecule has 0 spiro atoms.